The maximum Gasteiger partial charge on any atom is 0.0170 e. The summed E-state index contributed by atoms with van der Waals surface area (Å²) in [5, 5.41) is 0. The lowest BCUT2D eigenvalue weighted by Gasteiger charge is -2.22. The van der Waals surface area contributed by atoms with E-state index in [4.69, 9.17) is 5.73 Å². The molecule has 0 aliphatic carbocycles. The average Bonchev–Trinajstić information content (AvgIpc) is 2.77. The SMILES string of the molecule is CC(C)CC(N)CN1CCC(c2ccccc2)C1. The molecule has 2 rings (SSSR count). The summed E-state index contributed by atoms with van der Waals surface area (Å²) in [6.07, 6.45) is 2.41. The van der Waals surface area contributed by atoms with Crippen LogP contribution < -0.4 is 5.73 Å². The topological polar surface area (TPSA) is 29.3 Å². The predicted octanol–water partition coefficient (Wildman–Crippen LogP) is 2.85. The van der Waals surface area contributed by atoms with Gasteiger partial charge in [-0.15, -0.1) is 0 Å². The summed E-state index contributed by atoms with van der Waals surface area (Å²) in [6, 6.07) is 11.2. The van der Waals surface area contributed by atoms with E-state index in [1.54, 1.807) is 0 Å². The van der Waals surface area contributed by atoms with Crippen molar-refractivity contribution in [3.63, 3.8) is 0 Å². The molecule has 18 heavy (non-hydrogen) atoms. The van der Waals surface area contributed by atoms with E-state index in [9.17, 15) is 0 Å². The van der Waals surface area contributed by atoms with E-state index < -0.39 is 0 Å². The number of nitrogens with two attached hydrogens (primary N) is 1. The third kappa shape index (κ3) is 3.82. The summed E-state index contributed by atoms with van der Waals surface area (Å²) in [5.41, 5.74) is 7.68. The Bertz CT molecular complexity index is 347. The highest BCUT2D eigenvalue weighted by Crippen LogP contribution is 2.26. The van der Waals surface area contributed by atoms with Gasteiger partial charge in [0.05, 0.1) is 0 Å². The van der Waals surface area contributed by atoms with E-state index in [0.717, 1.165) is 13.0 Å². The van der Waals surface area contributed by atoms with E-state index in [-0.39, 0.29) is 0 Å². The van der Waals surface area contributed by atoms with Crippen molar-refractivity contribution in [2.75, 3.05) is 19.6 Å². The highest BCUT2D eigenvalue weighted by Gasteiger charge is 2.24. The summed E-state index contributed by atoms with van der Waals surface area (Å²) in [4.78, 5) is 2.53. The molecule has 0 aromatic heterocycles. The molecule has 1 aliphatic heterocycles. The molecular formula is C16H26N2. The molecule has 2 nitrogen and oxygen atoms in total. The highest BCUT2D eigenvalue weighted by molar-refractivity contribution is 5.21. The summed E-state index contributed by atoms with van der Waals surface area (Å²) < 4.78 is 0. The van der Waals surface area contributed by atoms with E-state index in [1.165, 1.54) is 25.1 Å². The zero-order valence-electron chi connectivity index (χ0n) is 11.7. The number of nitrogens with zero attached hydrogens (tertiary/aromatic N) is 1. The van der Waals surface area contributed by atoms with Crippen LogP contribution in [0.25, 0.3) is 0 Å². The molecule has 1 aliphatic rings. The quantitative estimate of drug-likeness (QED) is 0.865. The second kappa shape index (κ2) is 6.35. The van der Waals surface area contributed by atoms with Gasteiger partial charge < -0.3 is 10.6 Å². The molecule has 100 valence electrons. The van der Waals surface area contributed by atoms with Gasteiger partial charge in [0.1, 0.15) is 0 Å². The second-order valence-electron chi connectivity index (χ2n) is 6.05. The lowest BCUT2D eigenvalue weighted by atomic mass is 9.99. The maximum absolute atomic E-state index is 6.20. The van der Waals surface area contributed by atoms with Gasteiger partial charge >= 0.3 is 0 Å². The summed E-state index contributed by atoms with van der Waals surface area (Å²) >= 11 is 0. The molecule has 2 N–H and O–H groups in total. The Hall–Kier alpha value is -0.860. The van der Waals surface area contributed by atoms with Gasteiger partial charge in [-0.05, 0) is 36.8 Å². The van der Waals surface area contributed by atoms with Crippen LogP contribution >= 0.6 is 0 Å². The van der Waals surface area contributed by atoms with Crippen molar-refractivity contribution in [1.29, 1.82) is 0 Å². The molecule has 0 spiro atoms. The monoisotopic (exact) mass is 246 g/mol. The van der Waals surface area contributed by atoms with E-state index in [1.807, 2.05) is 0 Å². The number of likely N-dealkylation sites (tertiary alicyclic amines) is 1. The molecule has 0 bridgehead atoms. The molecule has 2 atom stereocenters. The fourth-order valence-electron chi connectivity index (χ4n) is 3.01. The first-order valence-electron chi connectivity index (χ1n) is 7.18. The van der Waals surface area contributed by atoms with Crippen LogP contribution in [0, 0.1) is 5.92 Å². The average molecular weight is 246 g/mol. The van der Waals surface area contributed by atoms with Gasteiger partial charge in [-0.2, -0.15) is 0 Å². The van der Waals surface area contributed by atoms with E-state index in [0.29, 0.717) is 17.9 Å². The highest BCUT2D eigenvalue weighted by atomic mass is 15.2. The van der Waals surface area contributed by atoms with Crippen molar-refractivity contribution in [3.05, 3.63) is 35.9 Å². The summed E-state index contributed by atoms with van der Waals surface area (Å²) in [6.45, 7) is 7.93. The first-order valence-corrected chi connectivity index (χ1v) is 7.18. The van der Waals surface area contributed by atoms with Crippen molar-refractivity contribution < 1.29 is 0 Å². The first-order chi connectivity index (χ1) is 8.65. The number of hydrogen-bond donors (Lipinski definition) is 1. The maximum atomic E-state index is 6.20. The van der Waals surface area contributed by atoms with Crippen molar-refractivity contribution in [1.82, 2.24) is 4.90 Å². The predicted molar refractivity (Wildman–Crippen MR) is 77.7 cm³/mol. The largest absolute Gasteiger partial charge is 0.327 e. The molecule has 1 heterocycles. The first kappa shape index (κ1) is 13.6. The van der Waals surface area contributed by atoms with Crippen molar-refractivity contribution in [2.45, 2.75) is 38.6 Å². The molecule has 1 saturated heterocycles. The lowest BCUT2D eigenvalue weighted by molar-refractivity contribution is 0.293. The summed E-state index contributed by atoms with van der Waals surface area (Å²) in [7, 11) is 0. The standard InChI is InChI=1S/C16H26N2/c1-13(2)10-16(17)12-18-9-8-15(11-18)14-6-4-3-5-7-14/h3-7,13,15-16H,8-12,17H2,1-2H3. The Morgan fingerprint density at radius 1 is 1.28 bits per heavy atom. The normalized spacial score (nSPS) is 22.6. The minimum Gasteiger partial charge on any atom is -0.327 e. The van der Waals surface area contributed by atoms with Crippen molar-refractivity contribution in [2.24, 2.45) is 11.7 Å². The number of hydrogen-bond acceptors (Lipinski definition) is 2. The molecule has 1 fully saturated rings. The molecule has 1 aromatic carbocycles. The Morgan fingerprint density at radius 2 is 2.00 bits per heavy atom. The molecule has 2 unspecified atom stereocenters. The van der Waals surface area contributed by atoms with E-state index >= 15 is 0 Å². The Kier molecular flexibility index (Phi) is 4.79. The van der Waals surface area contributed by atoms with Crippen LogP contribution in [0.3, 0.4) is 0 Å². The van der Waals surface area contributed by atoms with Crippen LogP contribution in [0.5, 0.6) is 0 Å². The molecule has 0 radical (unpaired) electrons. The molecule has 2 heteroatoms. The number of benzene rings is 1. The number of rotatable bonds is 5. The van der Waals surface area contributed by atoms with Gasteiger partial charge in [0, 0.05) is 19.1 Å². The minimum absolute atomic E-state index is 0.333. The Balaban J connectivity index is 1.82. The molecule has 1 aromatic rings. The van der Waals surface area contributed by atoms with Crippen LogP contribution in [-0.2, 0) is 0 Å². The minimum atomic E-state index is 0.333. The van der Waals surface area contributed by atoms with Crippen LogP contribution in [-0.4, -0.2) is 30.6 Å². The van der Waals surface area contributed by atoms with Gasteiger partial charge in [0.15, 0.2) is 0 Å². The molecule has 0 amide bonds. The van der Waals surface area contributed by atoms with Gasteiger partial charge in [0.25, 0.3) is 0 Å². The molecular weight excluding hydrogens is 220 g/mol. The Labute approximate surface area is 111 Å². The van der Waals surface area contributed by atoms with Crippen LogP contribution in [0.2, 0.25) is 0 Å². The van der Waals surface area contributed by atoms with Gasteiger partial charge in [-0.3, -0.25) is 0 Å². The lowest BCUT2D eigenvalue weighted by Crippen LogP contribution is -2.37. The van der Waals surface area contributed by atoms with Gasteiger partial charge in [-0.1, -0.05) is 44.2 Å². The van der Waals surface area contributed by atoms with Gasteiger partial charge in [-0.25, -0.2) is 0 Å². The Morgan fingerprint density at radius 3 is 2.67 bits per heavy atom. The van der Waals surface area contributed by atoms with Crippen LogP contribution in [0.15, 0.2) is 30.3 Å². The van der Waals surface area contributed by atoms with Crippen LogP contribution in [0.4, 0.5) is 0 Å². The van der Waals surface area contributed by atoms with Gasteiger partial charge in [0.2, 0.25) is 0 Å². The van der Waals surface area contributed by atoms with Crippen molar-refractivity contribution >= 4 is 0 Å². The zero-order chi connectivity index (χ0) is 13.0. The van der Waals surface area contributed by atoms with Crippen molar-refractivity contribution in [3.8, 4) is 0 Å². The zero-order valence-corrected chi connectivity index (χ0v) is 11.7. The van der Waals surface area contributed by atoms with Crippen LogP contribution in [0.1, 0.15) is 38.2 Å². The summed E-state index contributed by atoms with van der Waals surface area (Å²) in [5.74, 6) is 1.41. The van der Waals surface area contributed by atoms with E-state index in [2.05, 4.69) is 49.1 Å². The third-order valence-electron chi connectivity index (χ3n) is 3.81. The molecule has 0 saturated carbocycles. The third-order valence-corrected chi connectivity index (χ3v) is 3.81. The second-order valence-corrected chi connectivity index (χ2v) is 6.05. The smallest absolute Gasteiger partial charge is 0.0170 e. The fraction of sp³-hybridized carbons (Fsp3) is 0.625. The fourth-order valence-corrected chi connectivity index (χ4v) is 3.01.